The molecule has 0 amide bonds. The van der Waals surface area contributed by atoms with E-state index in [1.807, 2.05) is 32.0 Å². The minimum absolute atomic E-state index is 0.261. The fraction of sp³-hybridized carbons (Fsp3) is 0.647. The Hall–Kier alpha value is -1.26. The maximum absolute atomic E-state index is 10.1. The summed E-state index contributed by atoms with van der Waals surface area (Å²) in [5, 5.41) is 10.1. The predicted octanol–water partition coefficient (Wildman–Crippen LogP) is 2.93. The van der Waals surface area contributed by atoms with Crippen molar-refractivity contribution in [3.05, 3.63) is 23.8 Å². The lowest BCUT2D eigenvalue weighted by Gasteiger charge is -2.27. The van der Waals surface area contributed by atoms with Crippen LogP contribution < -0.4 is 9.47 Å². The number of ether oxygens (including phenoxy) is 2. The number of benzene rings is 1. The zero-order valence-corrected chi connectivity index (χ0v) is 13.9. The van der Waals surface area contributed by atoms with Crippen molar-refractivity contribution < 1.29 is 14.6 Å². The van der Waals surface area contributed by atoms with Gasteiger partial charge in [-0.15, -0.1) is 0 Å². The second kappa shape index (κ2) is 8.90. The summed E-state index contributed by atoms with van der Waals surface area (Å²) in [5.74, 6) is 1.78. The number of para-hydroxylation sites is 1. The molecule has 0 radical (unpaired) electrons. The highest BCUT2D eigenvalue weighted by Gasteiger charge is 2.17. The molecule has 4 nitrogen and oxygen atoms in total. The maximum atomic E-state index is 10.1. The molecule has 0 bridgehead atoms. The average molecular weight is 295 g/mol. The van der Waals surface area contributed by atoms with E-state index in [9.17, 15) is 5.11 Å². The highest BCUT2D eigenvalue weighted by atomic mass is 16.5. The van der Waals surface area contributed by atoms with Crippen molar-refractivity contribution in [1.82, 2.24) is 4.90 Å². The van der Waals surface area contributed by atoms with Gasteiger partial charge in [-0.1, -0.05) is 32.9 Å². The number of aliphatic hydroxyl groups excluding tert-OH is 1. The molecule has 1 atom stereocenters. The molecule has 0 aliphatic rings. The van der Waals surface area contributed by atoms with Crippen molar-refractivity contribution in [2.24, 2.45) is 5.92 Å². The molecule has 1 rings (SSSR count). The molecule has 1 N–H and O–H groups in total. The number of rotatable bonds is 9. The molecule has 4 heteroatoms. The first-order valence-corrected chi connectivity index (χ1v) is 7.63. The third-order valence-corrected chi connectivity index (χ3v) is 3.63. The van der Waals surface area contributed by atoms with Crippen LogP contribution in [0.2, 0.25) is 0 Å². The summed E-state index contributed by atoms with van der Waals surface area (Å²) in [6.45, 7) is 8.60. The van der Waals surface area contributed by atoms with Crippen molar-refractivity contribution in [3.8, 4) is 11.5 Å². The first kappa shape index (κ1) is 17.8. The van der Waals surface area contributed by atoms with Crippen molar-refractivity contribution in [2.75, 3.05) is 27.3 Å². The summed E-state index contributed by atoms with van der Waals surface area (Å²) in [4.78, 5) is 2.27. The van der Waals surface area contributed by atoms with E-state index in [4.69, 9.17) is 9.47 Å². The molecule has 120 valence electrons. The summed E-state index contributed by atoms with van der Waals surface area (Å²) >= 11 is 0. The average Bonchev–Trinajstić information content (AvgIpc) is 2.46. The third-order valence-electron chi connectivity index (χ3n) is 3.63. The van der Waals surface area contributed by atoms with Crippen LogP contribution in [0.25, 0.3) is 0 Å². The number of hydrogen-bond acceptors (Lipinski definition) is 4. The van der Waals surface area contributed by atoms with Gasteiger partial charge < -0.3 is 14.6 Å². The van der Waals surface area contributed by atoms with Gasteiger partial charge in [0.1, 0.15) is 0 Å². The quantitative estimate of drug-likeness (QED) is 0.760. The molecule has 0 saturated carbocycles. The van der Waals surface area contributed by atoms with Gasteiger partial charge in [0.2, 0.25) is 0 Å². The van der Waals surface area contributed by atoms with Crippen molar-refractivity contribution in [2.45, 2.75) is 39.8 Å². The maximum Gasteiger partial charge on any atom is 0.165 e. The summed E-state index contributed by atoms with van der Waals surface area (Å²) in [6.07, 6.45) is 0.741. The van der Waals surface area contributed by atoms with Crippen molar-refractivity contribution >= 4 is 0 Å². The van der Waals surface area contributed by atoms with Gasteiger partial charge in [0.25, 0.3) is 0 Å². The van der Waals surface area contributed by atoms with Gasteiger partial charge >= 0.3 is 0 Å². The van der Waals surface area contributed by atoms with Crippen LogP contribution >= 0.6 is 0 Å². The molecule has 21 heavy (non-hydrogen) atoms. The van der Waals surface area contributed by atoms with Crippen LogP contribution in [0.5, 0.6) is 11.5 Å². The molecule has 0 saturated heterocycles. The highest BCUT2D eigenvalue weighted by molar-refractivity contribution is 5.46. The van der Waals surface area contributed by atoms with Crippen molar-refractivity contribution in [1.29, 1.82) is 0 Å². The van der Waals surface area contributed by atoms with Gasteiger partial charge in [0.15, 0.2) is 11.5 Å². The lowest BCUT2D eigenvalue weighted by molar-refractivity contribution is 0.0728. The van der Waals surface area contributed by atoms with E-state index in [2.05, 4.69) is 11.8 Å². The Bertz CT molecular complexity index is 420. The molecule has 1 aromatic rings. The van der Waals surface area contributed by atoms with Crippen molar-refractivity contribution in [3.63, 3.8) is 0 Å². The summed E-state index contributed by atoms with van der Waals surface area (Å²) in [5.41, 5.74) is 1.08. The Balaban J connectivity index is 2.88. The molecule has 0 aliphatic carbocycles. The van der Waals surface area contributed by atoms with Crippen LogP contribution in [0.15, 0.2) is 18.2 Å². The normalized spacial score (nSPS) is 12.8. The van der Waals surface area contributed by atoms with Crippen LogP contribution in [-0.2, 0) is 6.54 Å². The second-order valence-corrected chi connectivity index (χ2v) is 5.70. The van der Waals surface area contributed by atoms with Crippen LogP contribution in [0.3, 0.4) is 0 Å². The zero-order chi connectivity index (χ0) is 15.8. The van der Waals surface area contributed by atoms with Crippen LogP contribution in [-0.4, -0.2) is 43.4 Å². The highest BCUT2D eigenvalue weighted by Crippen LogP contribution is 2.31. The summed E-state index contributed by atoms with van der Waals surface area (Å²) in [6, 6.07) is 5.92. The SMILES string of the molecule is CCCN(Cc1cccc(OC)c1OC)C[C@@H](O)C(C)C. The van der Waals surface area contributed by atoms with Gasteiger partial charge in [-0.2, -0.15) is 0 Å². The molecule has 0 aliphatic heterocycles. The van der Waals surface area contributed by atoms with E-state index in [1.54, 1.807) is 14.2 Å². The largest absolute Gasteiger partial charge is 0.493 e. The molecular weight excluding hydrogens is 266 g/mol. The zero-order valence-electron chi connectivity index (χ0n) is 13.9. The number of nitrogens with zero attached hydrogens (tertiary/aromatic N) is 1. The molecule has 0 spiro atoms. The minimum atomic E-state index is -0.312. The summed E-state index contributed by atoms with van der Waals surface area (Å²) in [7, 11) is 3.31. The molecule has 1 aromatic carbocycles. The molecular formula is C17H29NO3. The second-order valence-electron chi connectivity index (χ2n) is 5.70. The Morgan fingerprint density at radius 1 is 1.19 bits per heavy atom. The monoisotopic (exact) mass is 295 g/mol. The summed E-state index contributed by atoms with van der Waals surface area (Å²) < 4.78 is 10.8. The van der Waals surface area contributed by atoms with E-state index >= 15 is 0 Å². The van der Waals surface area contributed by atoms with E-state index in [0.29, 0.717) is 6.54 Å². The lowest BCUT2D eigenvalue weighted by Crippen LogP contribution is -2.35. The fourth-order valence-corrected chi connectivity index (χ4v) is 2.35. The van der Waals surface area contributed by atoms with E-state index in [1.165, 1.54) is 0 Å². The van der Waals surface area contributed by atoms with Gasteiger partial charge in [-0.3, -0.25) is 4.90 Å². The Labute approximate surface area is 128 Å². The first-order valence-electron chi connectivity index (χ1n) is 7.63. The van der Waals surface area contributed by atoms with Gasteiger partial charge in [-0.05, 0) is 24.9 Å². The fourth-order valence-electron chi connectivity index (χ4n) is 2.35. The lowest BCUT2D eigenvalue weighted by atomic mass is 10.1. The molecule has 0 unspecified atom stereocenters. The molecule has 0 fully saturated rings. The molecule has 0 aromatic heterocycles. The number of methoxy groups -OCH3 is 2. The van der Waals surface area contributed by atoms with Gasteiger partial charge in [0.05, 0.1) is 20.3 Å². The Kier molecular flexibility index (Phi) is 7.54. The van der Waals surface area contributed by atoms with E-state index in [0.717, 1.165) is 36.6 Å². The molecule has 0 heterocycles. The Morgan fingerprint density at radius 2 is 1.90 bits per heavy atom. The van der Waals surface area contributed by atoms with Gasteiger partial charge in [0, 0.05) is 18.7 Å². The van der Waals surface area contributed by atoms with Crippen LogP contribution in [0.1, 0.15) is 32.8 Å². The van der Waals surface area contributed by atoms with Gasteiger partial charge in [-0.25, -0.2) is 0 Å². The number of aliphatic hydroxyl groups is 1. The Morgan fingerprint density at radius 3 is 2.43 bits per heavy atom. The minimum Gasteiger partial charge on any atom is -0.493 e. The van der Waals surface area contributed by atoms with Crippen LogP contribution in [0, 0.1) is 5.92 Å². The van der Waals surface area contributed by atoms with E-state index < -0.39 is 0 Å². The van der Waals surface area contributed by atoms with E-state index in [-0.39, 0.29) is 12.0 Å². The van der Waals surface area contributed by atoms with Crippen LogP contribution in [0.4, 0.5) is 0 Å². The smallest absolute Gasteiger partial charge is 0.165 e. The number of hydrogen-bond donors (Lipinski definition) is 1. The topological polar surface area (TPSA) is 41.9 Å². The third kappa shape index (κ3) is 5.21. The first-order chi connectivity index (χ1) is 10.0. The standard InChI is InChI=1S/C17H29NO3/c1-6-10-18(12-15(19)13(2)3)11-14-8-7-9-16(20-4)17(14)21-5/h7-9,13,15,19H,6,10-12H2,1-5H3/t15-/m1/s1. The predicted molar refractivity (Wildman–Crippen MR) is 86.0 cm³/mol.